The van der Waals surface area contributed by atoms with Gasteiger partial charge in [-0.25, -0.2) is 0 Å². The Morgan fingerprint density at radius 2 is 1.86 bits per heavy atom. The van der Waals surface area contributed by atoms with E-state index >= 15 is 0 Å². The number of carbonyl (C=O) groups excluding carboxylic acids is 2. The van der Waals surface area contributed by atoms with Crippen molar-refractivity contribution in [2.45, 2.75) is 44.1 Å². The first-order valence-electron chi connectivity index (χ1n) is 7.18. The lowest BCUT2D eigenvalue weighted by molar-refractivity contribution is -0.158. The Balaban J connectivity index is 1.91. The van der Waals surface area contributed by atoms with E-state index in [1.165, 1.54) is 12.5 Å². The molecule has 120 valence electrons. The number of amides is 1. The summed E-state index contributed by atoms with van der Waals surface area (Å²) in [6, 6.07) is 7.51. The van der Waals surface area contributed by atoms with E-state index in [0.29, 0.717) is 12.1 Å². The van der Waals surface area contributed by atoms with E-state index in [1.807, 2.05) is 24.3 Å². The Hall–Kier alpha value is -1.26. The minimum absolute atomic E-state index is 0.328. The van der Waals surface area contributed by atoms with Crippen molar-refractivity contribution < 1.29 is 14.3 Å². The Morgan fingerprint density at radius 3 is 2.32 bits per heavy atom. The van der Waals surface area contributed by atoms with Crippen molar-refractivity contribution in [3.8, 4) is 0 Å². The van der Waals surface area contributed by atoms with E-state index in [9.17, 15) is 9.59 Å². The Morgan fingerprint density at radius 1 is 1.32 bits per heavy atom. The number of alkyl halides is 2. The maximum absolute atomic E-state index is 12.1. The molecule has 0 aromatic heterocycles. The van der Waals surface area contributed by atoms with Gasteiger partial charge in [0.15, 0.2) is 6.10 Å². The summed E-state index contributed by atoms with van der Waals surface area (Å²) >= 11 is 11.9. The number of aryl methyl sites for hydroxylation is 1. The van der Waals surface area contributed by atoms with Gasteiger partial charge < -0.3 is 10.1 Å². The molecule has 0 aliphatic heterocycles. The average molecular weight is 344 g/mol. The van der Waals surface area contributed by atoms with Crippen LogP contribution < -0.4 is 5.32 Å². The van der Waals surface area contributed by atoms with Gasteiger partial charge in [-0.2, -0.15) is 0 Å². The second kappa shape index (κ2) is 6.09. The number of hydrogen-bond acceptors (Lipinski definition) is 3. The van der Waals surface area contributed by atoms with Gasteiger partial charge in [0.2, 0.25) is 0 Å². The molecule has 6 heteroatoms. The largest absolute Gasteiger partial charge is 0.452 e. The van der Waals surface area contributed by atoms with Crippen molar-refractivity contribution in [3.63, 3.8) is 0 Å². The van der Waals surface area contributed by atoms with E-state index in [0.717, 1.165) is 6.42 Å². The molecule has 0 spiro atoms. The van der Waals surface area contributed by atoms with Crippen LogP contribution in [0.25, 0.3) is 0 Å². The first kappa shape index (κ1) is 17.1. The average Bonchev–Trinajstić information content (AvgIpc) is 2.99. The molecule has 1 aromatic carbocycles. The van der Waals surface area contributed by atoms with Crippen LogP contribution in [0.3, 0.4) is 0 Å². The number of anilines is 1. The molecular formula is C16H19Cl2NO3. The number of nitrogens with one attached hydrogen (secondary N) is 1. The molecule has 0 unspecified atom stereocenters. The number of ether oxygens (including phenoxy) is 1. The summed E-state index contributed by atoms with van der Waals surface area (Å²) in [5, 5.41) is 2.71. The third-order valence-electron chi connectivity index (χ3n) is 3.99. The maximum Gasteiger partial charge on any atom is 0.315 e. The highest BCUT2D eigenvalue weighted by atomic mass is 35.5. The van der Waals surface area contributed by atoms with Gasteiger partial charge >= 0.3 is 5.97 Å². The fourth-order valence-electron chi connectivity index (χ4n) is 2.03. The molecule has 2 atom stereocenters. The molecule has 1 aliphatic rings. The molecule has 1 aromatic rings. The highest BCUT2D eigenvalue weighted by Crippen LogP contribution is 2.64. The summed E-state index contributed by atoms with van der Waals surface area (Å²) in [5.74, 6) is -0.946. The molecule has 1 amide bonds. The lowest BCUT2D eigenvalue weighted by Gasteiger charge is -2.17. The summed E-state index contributed by atoms with van der Waals surface area (Å²) in [6.45, 7) is 5.20. The van der Waals surface area contributed by atoms with E-state index in [-0.39, 0.29) is 0 Å². The van der Waals surface area contributed by atoms with Gasteiger partial charge in [0, 0.05) is 12.1 Å². The molecule has 2 rings (SSSR count). The molecule has 4 nitrogen and oxygen atoms in total. The van der Waals surface area contributed by atoms with Gasteiger partial charge in [0.05, 0.1) is 0 Å². The first-order valence-corrected chi connectivity index (χ1v) is 7.94. The molecule has 1 N–H and O–H groups in total. The van der Waals surface area contributed by atoms with Crippen LogP contribution in [0.2, 0.25) is 0 Å². The van der Waals surface area contributed by atoms with Crippen LogP contribution in [0, 0.1) is 5.41 Å². The van der Waals surface area contributed by atoms with Crippen molar-refractivity contribution in [1.29, 1.82) is 0 Å². The zero-order chi connectivity index (χ0) is 16.5. The van der Waals surface area contributed by atoms with Crippen LogP contribution in [-0.2, 0) is 20.7 Å². The van der Waals surface area contributed by atoms with Crippen LogP contribution in [0.5, 0.6) is 0 Å². The van der Waals surface area contributed by atoms with E-state index in [4.69, 9.17) is 27.9 Å². The number of carbonyl (C=O) groups is 2. The summed E-state index contributed by atoms with van der Waals surface area (Å²) in [6.07, 6.45) is 0.341. The van der Waals surface area contributed by atoms with Crippen molar-refractivity contribution in [1.82, 2.24) is 0 Å². The smallest absolute Gasteiger partial charge is 0.315 e. The first-order chi connectivity index (χ1) is 10.2. The third kappa shape index (κ3) is 3.39. The summed E-state index contributed by atoms with van der Waals surface area (Å²) in [7, 11) is 0. The Labute approximate surface area is 140 Å². The molecule has 22 heavy (non-hydrogen) atoms. The summed E-state index contributed by atoms with van der Waals surface area (Å²) in [4.78, 5) is 24.1. The van der Waals surface area contributed by atoms with E-state index in [2.05, 4.69) is 12.2 Å². The van der Waals surface area contributed by atoms with Gasteiger partial charge in [-0.1, -0.05) is 19.1 Å². The monoisotopic (exact) mass is 343 g/mol. The van der Waals surface area contributed by atoms with E-state index in [1.54, 1.807) is 6.92 Å². The second-order valence-corrected chi connectivity index (χ2v) is 7.28. The van der Waals surface area contributed by atoms with Crippen molar-refractivity contribution in [3.05, 3.63) is 29.8 Å². The number of rotatable bonds is 5. The minimum atomic E-state index is -1.10. The molecule has 1 fully saturated rings. The van der Waals surface area contributed by atoms with E-state index < -0.39 is 27.7 Å². The Bertz CT molecular complexity index is 586. The highest BCUT2D eigenvalue weighted by molar-refractivity contribution is 6.53. The van der Waals surface area contributed by atoms with Crippen LogP contribution in [0.1, 0.15) is 32.8 Å². The highest BCUT2D eigenvalue weighted by Gasteiger charge is 2.69. The molecule has 1 saturated carbocycles. The molecule has 1 aliphatic carbocycles. The van der Waals surface area contributed by atoms with Gasteiger partial charge in [-0.3, -0.25) is 9.59 Å². The molecule has 0 radical (unpaired) electrons. The van der Waals surface area contributed by atoms with Gasteiger partial charge in [0.25, 0.3) is 5.91 Å². The SMILES string of the molecule is CCc1ccc(NC(=O)[C@H](C)OC(=O)[C@]2(C)CC2(Cl)Cl)cc1. The zero-order valence-corrected chi connectivity index (χ0v) is 14.3. The number of benzene rings is 1. The zero-order valence-electron chi connectivity index (χ0n) is 12.8. The van der Waals surface area contributed by atoms with Crippen LogP contribution >= 0.6 is 23.2 Å². The Kier molecular flexibility index (Phi) is 4.73. The maximum atomic E-state index is 12.1. The lowest BCUT2D eigenvalue weighted by Crippen LogP contribution is -2.33. The molecule has 0 saturated heterocycles. The second-order valence-electron chi connectivity index (χ2n) is 5.80. The van der Waals surface area contributed by atoms with Gasteiger partial charge in [-0.15, -0.1) is 23.2 Å². The minimum Gasteiger partial charge on any atom is -0.452 e. The standard InChI is InChI=1S/C16H19Cl2NO3/c1-4-11-5-7-12(8-6-11)19-13(20)10(2)22-14(21)15(3)9-16(15,17)18/h5-8,10H,4,9H2,1-3H3,(H,19,20)/t10-,15-/m0/s1. The number of hydrogen-bond donors (Lipinski definition) is 1. The normalized spacial score (nSPS) is 23.5. The van der Waals surface area contributed by atoms with Gasteiger partial charge in [0.1, 0.15) is 9.75 Å². The lowest BCUT2D eigenvalue weighted by atomic mass is 10.1. The molecular weight excluding hydrogens is 325 g/mol. The predicted octanol–water partition coefficient (Wildman–Crippen LogP) is 3.70. The van der Waals surface area contributed by atoms with Crippen molar-refractivity contribution >= 4 is 40.8 Å². The fourth-order valence-corrected chi connectivity index (χ4v) is 2.72. The number of esters is 1. The van der Waals surface area contributed by atoms with Gasteiger partial charge in [-0.05, 0) is 38.0 Å². The van der Waals surface area contributed by atoms with Crippen molar-refractivity contribution in [2.75, 3.05) is 5.32 Å². The van der Waals surface area contributed by atoms with Crippen LogP contribution in [0.15, 0.2) is 24.3 Å². The molecule has 0 heterocycles. The predicted molar refractivity (Wildman–Crippen MR) is 87.2 cm³/mol. The number of halogens is 2. The van der Waals surface area contributed by atoms with Crippen LogP contribution in [0.4, 0.5) is 5.69 Å². The third-order valence-corrected chi connectivity index (χ3v) is 5.09. The fraction of sp³-hybridized carbons (Fsp3) is 0.500. The summed E-state index contributed by atoms with van der Waals surface area (Å²) in [5.41, 5.74) is 0.902. The topological polar surface area (TPSA) is 55.4 Å². The summed E-state index contributed by atoms with van der Waals surface area (Å²) < 4.78 is 4.07. The van der Waals surface area contributed by atoms with Crippen molar-refractivity contribution in [2.24, 2.45) is 5.41 Å². The quantitative estimate of drug-likeness (QED) is 0.655. The van der Waals surface area contributed by atoms with Crippen LogP contribution in [-0.4, -0.2) is 22.3 Å². The molecule has 0 bridgehead atoms.